The van der Waals surface area contributed by atoms with Gasteiger partial charge in [-0.3, -0.25) is 0 Å². The molecule has 0 amide bonds. The SMILES string of the molecule is CCCCC1(OCCOCCOI)c2cc(C)ccc2-c2c1c1c(c3cc(C)ccc23)OC(c2ccc(OC)cc2)(c2ccc(N3CCOCC3)cc2)C=C1. The second kappa shape index (κ2) is 16.3. The average Bonchev–Trinajstić information content (AvgIpc) is 3.50. The van der Waals surface area contributed by atoms with Crippen LogP contribution in [0.2, 0.25) is 0 Å². The quantitative estimate of drug-likeness (QED) is 0.0815. The molecule has 2 aliphatic heterocycles. The van der Waals surface area contributed by atoms with Crippen LogP contribution in [0.5, 0.6) is 11.5 Å². The summed E-state index contributed by atoms with van der Waals surface area (Å²) in [5.41, 5.74) is 10.0. The number of morpholine rings is 1. The largest absolute Gasteiger partial charge is 0.497 e. The van der Waals surface area contributed by atoms with E-state index in [0.29, 0.717) is 26.4 Å². The number of hydrogen-bond acceptors (Lipinski definition) is 7. The Morgan fingerprint density at radius 3 is 2.24 bits per heavy atom. The Morgan fingerprint density at radius 2 is 1.51 bits per heavy atom. The minimum absolute atomic E-state index is 0.453. The van der Waals surface area contributed by atoms with E-state index in [1.165, 1.54) is 44.5 Å². The third-order valence-electron chi connectivity index (χ3n) is 11.4. The molecule has 0 saturated carbocycles. The molecular weight excluding hydrogens is 801 g/mol. The van der Waals surface area contributed by atoms with Gasteiger partial charge in [-0.15, -0.1) is 0 Å². The van der Waals surface area contributed by atoms with Gasteiger partial charge in [-0.2, -0.15) is 0 Å². The molecule has 1 aliphatic carbocycles. The molecule has 0 spiro atoms. The molecule has 2 atom stereocenters. The molecule has 0 bridgehead atoms. The van der Waals surface area contributed by atoms with Crippen LogP contribution in [0.15, 0.2) is 91.0 Å². The third kappa shape index (κ3) is 6.95. The number of fused-ring (bicyclic) bond motifs is 8. The zero-order valence-electron chi connectivity index (χ0n) is 32.3. The third-order valence-corrected chi connectivity index (χ3v) is 11.9. The van der Waals surface area contributed by atoms with Crippen molar-refractivity contribution in [1.82, 2.24) is 0 Å². The Morgan fingerprint density at radius 1 is 0.800 bits per heavy atom. The van der Waals surface area contributed by atoms with Crippen LogP contribution < -0.4 is 14.4 Å². The maximum atomic E-state index is 7.68. The predicted molar refractivity (Wildman–Crippen MR) is 229 cm³/mol. The number of methoxy groups -OCH3 is 1. The van der Waals surface area contributed by atoms with Gasteiger partial charge in [-0.1, -0.05) is 91.6 Å². The van der Waals surface area contributed by atoms with Crippen LogP contribution in [0.25, 0.3) is 28.0 Å². The lowest BCUT2D eigenvalue weighted by atomic mass is 9.78. The first-order valence-electron chi connectivity index (χ1n) is 19.6. The number of hydrogen-bond donors (Lipinski definition) is 0. The van der Waals surface area contributed by atoms with Gasteiger partial charge < -0.3 is 31.7 Å². The first-order chi connectivity index (χ1) is 26.9. The zero-order valence-corrected chi connectivity index (χ0v) is 34.4. The van der Waals surface area contributed by atoms with Crippen molar-refractivity contribution in [1.29, 1.82) is 0 Å². The van der Waals surface area contributed by atoms with E-state index in [1.807, 2.05) is 35.1 Å². The van der Waals surface area contributed by atoms with E-state index in [-0.39, 0.29) is 0 Å². The van der Waals surface area contributed by atoms with Gasteiger partial charge in [0.15, 0.2) is 5.60 Å². The standard InChI is InChI=1S/C47H50INO6/c1-5-6-20-47(53-28-26-52-27-29-54-48)42-31-33(3)8-18-39(42)43-38-17-7-32(2)30-41(38)45-40(44(43)47)19-21-46(55-45,35-11-15-37(50-4)16-12-35)34-9-13-36(14-10-34)49-22-24-51-25-23-49/h7-19,21,30-31H,5-6,20,22-29H2,1-4H3. The summed E-state index contributed by atoms with van der Waals surface area (Å²) in [5, 5.41) is 2.27. The fourth-order valence-corrected chi connectivity index (χ4v) is 8.91. The van der Waals surface area contributed by atoms with Crippen LogP contribution >= 0.6 is 23.0 Å². The minimum atomic E-state index is -0.905. The summed E-state index contributed by atoms with van der Waals surface area (Å²) < 4.78 is 37.3. The number of ether oxygens (including phenoxy) is 5. The number of unbranched alkanes of at least 4 members (excludes halogenated alkanes) is 1. The molecule has 286 valence electrons. The summed E-state index contributed by atoms with van der Waals surface area (Å²) in [7, 11) is 1.70. The zero-order chi connectivity index (χ0) is 38.0. The fourth-order valence-electron chi connectivity index (χ4n) is 8.73. The Kier molecular flexibility index (Phi) is 11.2. The molecule has 0 radical (unpaired) electrons. The topological polar surface area (TPSA) is 58.6 Å². The van der Waals surface area contributed by atoms with Gasteiger partial charge in [0.25, 0.3) is 0 Å². The van der Waals surface area contributed by atoms with Crippen molar-refractivity contribution >= 4 is 45.5 Å². The van der Waals surface area contributed by atoms with Gasteiger partial charge >= 0.3 is 0 Å². The summed E-state index contributed by atoms with van der Waals surface area (Å²) in [6.45, 7) is 11.8. The number of halogens is 1. The van der Waals surface area contributed by atoms with Crippen molar-refractivity contribution in [3.63, 3.8) is 0 Å². The smallest absolute Gasteiger partial charge is 0.178 e. The van der Waals surface area contributed by atoms with E-state index in [1.54, 1.807) is 7.11 Å². The first kappa shape index (κ1) is 38.0. The molecule has 5 aromatic carbocycles. The van der Waals surface area contributed by atoms with Crippen molar-refractivity contribution in [3.05, 3.63) is 130 Å². The highest BCUT2D eigenvalue weighted by Crippen LogP contribution is 2.60. The number of benzene rings is 5. The summed E-state index contributed by atoms with van der Waals surface area (Å²) in [5.74, 6) is 1.68. The van der Waals surface area contributed by atoms with Crippen LogP contribution in [0.1, 0.15) is 65.1 Å². The highest BCUT2D eigenvalue weighted by atomic mass is 127. The molecule has 3 aliphatic rings. The summed E-state index contributed by atoms with van der Waals surface area (Å²) >= 11 is 1.91. The predicted octanol–water partition coefficient (Wildman–Crippen LogP) is 10.5. The van der Waals surface area contributed by atoms with Crippen LogP contribution in [0.4, 0.5) is 5.69 Å². The van der Waals surface area contributed by atoms with Crippen LogP contribution in [0.3, 0.4) is 0 Å². The second-order valence-corrected chi connectivity index (χ2v) is 15.5. The van der Waals surface area contributed by atoms with Crippen molar-refractivity contribution in [2.24, 2.45) is 0 Å². The Labute approximate surface area is 339 Å². The van der Waals surface area contributed by atoms with Crippen molar-refractivity contribution in [2.45, 2.75) is 51.2 Å². The molecule has 7 nitrogen and oxygen atoms in total. The van der Waals surface area contributed by atoms with Gasteiger partial charge in [0.05, 0.1) is 46.8 Å². The molecule has 5 aromatic rings. The number of rotatable bonds is 14. The average molecular weight is 852 g/mol. The van der Waals surface area contributed by atoms with Crippen LogP contribution in [0, 0.1) is 13.8 Å². The van der Waals surface area contributed by atoms with E-state index in [2.05, 4.69) is 111 Å². The minimum Gasteiger partial charge on any atom is -0.497 e. The van der Waals surface area contributed by atoms with E-state index in [0.717, 1.165) is 79.1 Å². The van der Waals surface area contributed by atoms with Crippen LogP contribution in [-0.2, 0) is 28.5 Å². The molecule has 8 heteroatoms. The first-order valence-corrected chi connectivity index (χ1v) is 20.4. The molecule has 2 unspecified atom stereocenters. The van der Waals surface area contributed by atoms with E-state index < -0.39 is 11.2 Å². The summed E-state index contributed by atoms with van der Waals surface area (Å²) in [4.78, 5) is 2.39. The molecule has 8 rings (SSSR count). The van der Waals surface area contributed by atoms with Crippen molar-refractivity contribution in [2.75, 3.05) is 64.7 Å². The molecule has 55 heavy (non-hydrogen) atoms. The summed E-state index contributed by atoms with van der Waals surface area (Å²) in [6, 6.07) is 30.8. The number of anilines is 1. The van der Waals surface area contributed by atoms with Crippen LogP contribution in [-0.4, -0.2) is 59.8 Å². The maximum absolute atomic E-state index is 7.68. The summed E-state index contributed by atoms with van der Waals surface area (Å²) in [6.07, 6.45) is 7.47. The Hall–Kier alpha value is -3.93. The van der Waals surface area contributed by atoms with Crippen molar-refractivity contribution in [3.8, 4) is 22.6 Å². The number of nitrogens with zero attached hydrogens (tertiary/aromatic N) is 1. The molecular formula is C47H50INO6. The second-order valence-electron chi connectivity index (χ2n) is 14.8. The Balaban J connectivity index is 1.34. The van der Waals surface area contributed by atoms with E-state index >= 15 is 0 Å². The Bertz CT molecular complexity index is 2180. The molecule has 0 N–H and O–H groups in total. The lowest BCUT2D eigenvalue weighted by Gasteiger charge is -2.40. The monoisotopic (exact) mass is 851 g/mol. The molecule has 2 heterocycles. The molecule has 1 fully saturated rings. The van der Waals surface area contributed by atoms with Gasteiger partial charge in [0, 0.05) is 46.4 Å². The maximum Gasteiger partial charge on any atom is 0.178 e. The van der Waals surface area contributed by atoms with Gasteiger partial charge in [-0.05, 0) is 78.8 Å². The highest BCUT2D eigenvalue weighted by molar-refractivity contribution is 14.1. The molecule has 0 aromatic heterocycles. The van der Waals surface area contributed by atoms with Crippen molar-refractivity contribution < 1.29 is 26.8 Å². The van der Waals surface area contributed by atoms with E-state index in [9.17, 15) is 0 Å². The highest BCUT2D eigenvalue weighted by Gasteiger charge is 2.49. The van der Waals surface area contributed by atoms with Gasteiger partial charge in [-0.25, -0.2) is 0 Å². The van der Waals surface area contributed by atoms with Gasteiger partial charge in [0.2, 0.25) is 0 Å². The normalized spacial score (nSPS) is 19.9. The van der Waals surface area contributed by atoms with E-state index in [4.69, 9.17) is 26.8 Å². The number of aryl methyl sites for hydroxylation is 2. The lowest BCUT2D eigenvalue weighted by Crippen LogP contribution is -2.37. The molecule has 1 saturated heterocycles. The van der Waals surface area contributed by atoms with Gasteiger partial charge in [0.1, 0.15) is 40.1 Å². The lowest BCUT2D eigenvalue weighted by molar-refractivity contribution is -0.0519. The fraction of sp³-hybridized carbons (Fsp3) is 0.362.